The van der Waals surface area contributed by atoms with Crippen LogP contribution in [0.25, 0.3) is 0 Å². The molecule has 2 unspecified atom stereocenters. The van der Waals surface area contributed by atoms with Gasteiger partial charge in [-0.05, 0) is 42.2 Å². The van der Waals surface area contributed by atoms with E-state index < -0.39 is 34.4 Å². The lowest BCUT2D eigenvalue weighted by Gasteiger charge is -2.31. The molecule has 1 heterocycles. The van der Waals surface area contributed by atoms with Crippen LogP contribution >= 0.6 is 0 Å². The van der Waals surface area contributed by atoms with Crippen molar-refractivity contribution in [3.05, 3.63) is 60.2 Å². The molecule has 0 aromatic heterocycles. The third-order valence-corrected chi connectivity index (χ3v) is 8.57. The molecule has 0 spiro atoms. The van der Waals surface area contributed by atoms with Gasteiger partial charge in [-0.1, -0.05) is 44.2 Å². The molecule has 13 heteroatoms. The molecule has 2 aromatic carbocycles. The highest BCUT2D eigenvalue weighted by Gasteiger charge is 2.32. The number of benzene rings is 2. The monoisotopic (exact) mass is 638 g/mol. The van der Waals surface area contributed by atoms with Crippen LogP contribution in [0.4, 0.5) is 4.79 Å². The molecular weight excluding hydrogens is 592 g/mol. The maximum Gasteiger partial charge on any atom is 0.407 e. The van der Waals surface area contributed by atoms with Crippen molar-refractivity contribution >= 4 is 16.1 Å². The summed E-state index contributed by atoms with van der Waals surface area (Å²) in [5.74, 6) is 0.501. The molecule has 0 aliphatic carbocycles. The molecule has 1 saturated heterocycles. The normalized spacial score (nSPS) is 17.6. The molecule has 3 rings (SSSR count). The van der Waals surface area contributed by atoms with Crippen LogP contribution in [0.15, 0.2) is 59.5 Å². The van der Waals surface area contributed by atoms with Crippen LogP contribution in [0.1, 0.15) is 19.4 Å². The van der Waals surface area contributed by atoms with E-state index in [1.807, 2.05) is 44.2 Å². The number of rotatable bonds is 12. The number of nitrogens with one attached hydrogen (secondary N) is 1. The van der Waals surface area contributed by atoms with Crippen LogP contribution in [0.3, 0.4) is 0 Å². The second-order valence-corrected chi connectivity index (χ2v) is 12.7. The van der Waals surface area contributed by atoms with Crippen molar-refractivity contribution in [2.75, 3.05) is 73.1 Å². The number of ether oxygens (including phenoxy) is 6. The summed E-state index contributed by atoms with van der Waals surface area (Å²) in [7, 11) is -2.47. The zero-order valence-electron chi connectivity index (χ0n) is 25.8. The van der Waals surface area contributed by atoms with Gasteiger partial charge in [0.25, 0.3) is 0 Å². The summed E-state index contributed by atoms with van der Waals surface area (Å²) < 4.78 is 61.5. The summed E-state index contributed by atoms with van der Waals surface area (Å²) in [5.41, 5.74) is 0.846. The van der Waals surface area contributed by atoms with Gasteiger partial charge >= 0.3 is 6.09 Å². The van der Waals surface area contributed by atoms with Crippen LogP contribution in [0.5, 0.6) is 5.75 Å². The molecule has 0 bridgehead atoms. The minimum Gasteiger partial charge on any atom is -0.497 e. The SMILES string of the molecule is COc1ccc(S(=O)(=O)N(CC(C)C)CC(O)C(Cc2ccccc2)NC(=O)OC2COCCOCCOCCOC2)cc1. The molecule has 0 saturated carbocycles. The maximum absolute atomic E-state index is 13.7. The molecule has 1 amide bonds. The lowest BCUT2D eigenvalue weighted by molar-refractivity contribution is -0.0397. The molecule has 2 N–H and O–H groups in total. The van der Waals surface area contributed by atoms with E-state index >= 15 is 0 Å². The third-order valence-electron chi connectivity index (χ3n) is 6.72. The van der Waals surface area contributed by atoms with Crippen LogP contribution < -0.4 is 10.1 Å². The van der Waals surface area contributed by atoms with Crippen molar-refractivity contribution in [2.24, 2.45) is 5.92 Å². The second kappa shape index (κ2) is 18.9. The summed E-state index contributed by atoms with van der Waals surface area (Å²) in [6, 6.07) is 14.5. The summed E-state index contributed by atoms with van der Waals surface area (Å²) in [5, 5.41) is 14.2. The molecule has 44 heavy (non-hydrogen) atoms. The Morgan fingerprint density at radius 1 is 0.909 bits per heavy atom. The number of carbonyl (C=O) groups is 1. The van der Waals surface area contributed by atoms with Crippen LogP contribution in [-0.2, 0) is 40.1 Å². The Bertz CT molecular complexity index is 1180. The van der Waals surface area contributed by atoms with E-state index in [9.17, 15) is 18.3 Å². The summed E-state index contributed by atoms with van der Waals surface area (Å²) in [6.45, 7) is 6.16. The summed E-state index contributed by atoms with van der Waals surface area (Å²) >= 11 is 0. The van der Waals surface area contributed by atoms with Gasteiger partial charge in [0.05, 0.1) is 77.0 Å². The first-order valence-corrected chi connectivity index (χ1v) is 16.3. The maximum atomic E-state index is 13.7. The van der Waals surface area contributed by atoms with E-state index in [2.05, 4.69) is 5.32 Å². The number of methoxy groups -OCH3 is 1. The number of nitrogens with zero attached hydrogens (tertiary/aromatic N) is 1. The number of alkyl carbamates (subject to hydrolysis) is 1. The number of amides is 1. The van der Waals surface area contributed by atoms with E-state index in [1.165, 1.54) is 23.5 Å². The fourth-order valence-electron chi connectivity index (χ4n) is 4.50. The van der Waals surface area contributed by atoms with Gasteiger partial charge in [0.1, 0.15) is 5.75 Å². The van der Waals surface area contributed by atoms with E-state index in [4.69, 9.17) is 28.4 Å². The second-order valence-electron chi connectivity index (χ2n) is 10.8. The van der Waals surface area contributed by atoms with Crippen molar-refractivity contribution in [2.45, 2.75) is 43.4 Å². The smallest absolute Gasteiger partial charge is 0.407 e. The molecule has 1 aliphatic heterocycles. The zero-order valence-corrected chi connectivity index (χ0v) is 26.6. The molecule has 1 aliphatic rings. The molecule has 1 fully saturated rings. The van der Waals surface area contributed by atoms with Gasteiger partial charge < -0.3 is 38.8 Å². The van der Waals surface area contributed by atoms with Crippen molar-refractivity contribution in [3.63, 3.8) is 0 Å². The Labute approximate surface area is 260 Å². The Hall–Kier alpha value is -2.78. The topological polar surface area (TPSA) is 142 Å². The van der Waals surface area contributed by atoms with Crippen LogP contribution in [0, 0.1) is 5.92 Å². The van der Waals surface area contributed by atoms with E-state index in [1.54, 1.807) is 12.1 Å². The molecule has 0 radical (unpaired) electrons. The quantitative estimate of drug-likeness (QED) is 0.356. The number of sulfonamides is 1. The lowest BCUT2D eigenvalue weighted by Crippen LogP contribution is -2.51. The highest BCUT2D eigenvalue weighted by molar-refractivity contribution is 7.89. The average molecular weight is 639 g/mol. The van der Waals surface area contributed by atoms with Gasteiger partial charge in [-0.2, -0.15) is 4.31 Å². The van der Waals surface area contributed by atoms with E-state index in [0.717, 1.165) is 5.56 Å². The highest BCUT2D eigenvalue weighted by Crippen LogP contribution is 2.22. The minimum atomic E-state index is -3.98. The minimum absolute atomic E-state index is 0.0260. The van der Waals surface area contributed by atoms with Gasteiger partial charge in [0.2, 0.25) is 10.0 Å². The van der Waals surface area contributed by atoms with Gasteiger partial charge in [-0.15, -0.1) is 0 Å². The number of aliphatic hydroxyl groups is 1. The molecular formula is C31H46N2O10S. The summed E-state index contributed by atoms with van der Waals surface area (Å²) in [6.07, 6.45) is -2.54. The predicted octanol–water partition coefficient (Wildman–Crippen LogP) is 2.49. The van der Waals surface area contributed by atoms with E-state index in [-0.39, 0.29) is 43.5 Å². The predicted molar refractivity (Wildman–Crippen MR) is 163 cm³/mol. The fourth-order valence-corrected chi connectivity index (χ4v) is 6.12. The average Bonchev–Trinajstić information content (AvgIpc) is 3.03. The highest BCUT2D eigenvalue weighted by atomic mass is 32.2. The largest absolute Gasteiger partial charge is 0.497 e. The Morgan fingerprint density at radius 2 is 1.48 bits per heavy atom. The molecule has 12 nitrogen and oxygen atoms in total. The Kier molecular flexibility index (Phi) is 15.3. The number of hydrogen-bond acceptors (Lipinski definition) is 10. The number of hydrogen-bond donors (Lipinski definition) is 2. The first-order chi connectivity index (χ1) is 21.2. The van der Waals surface area contributed by atoms with Crippen molar-refractivity contribution in [1.29, 1.82) is 0 Å². The first kappa shape index (κ1) is 35.7. The standard InChI is InChI=1S/C31H46N2O10S/c1-24(2)20-33(44(36,37)28-11-9-26(38-3)10-12-28)21-30(34)29(19-25-7-5-4-6-8-25)32-31(35)43-27-22-41-17-15-39-13-14-40-16-18-42-23-27/h4-12,24,27,29-30,34H,13-23H2,1-3H3,(H,32,35). The first-order valence-electron chi connectivity index (χ1n) is 14.8. The van der Waals surface area contributed by atoms with Crippen molar-refractivity contribution in [1.82, 2.24) is 9.62 Å². The Balaban J connectivity index is 1.75. The van der Waals surface area contributed by atoms with E-state index in [0.29, 0.717) is 45.4 Å². The van der Waals surface area contributed by atoms with Gasteiger partial charge in [-0.25, -0.2) is 13.2 Å². The third kappa shape index (κ3) is 12.3. The molecule has 2 aromatic rings. The molecule has 2 atom stereocenters. The molecule has 246 valence electrons. The van der Waals surface area contributed by atoms with Crippen LogP contribution in [0.2, 0.25) is 0 Å². The van der Waals surface area contributed by atoms with Gasteiger partial charge in [-0.3, -0.25) is 0 Å². The van der Waals surface area contributed by atoms with Gasteiger partial charge in [0, 0.05) is 13.1 Å². The number of aliphatic hydroxyl groups excluding tert-OH is 1. The van der Waals surface area contributed by atoms with Gasteiger partial charge in [0.15, 0.2) is 6.10 Å². The number of carbonyl (C=O) groups excluding carboxylic acids is 1. The fraction of sp³-hybridized carbons (Fsp3) is 0.581. The summed E-state index contributed by atoms with van der Waals surface area (Å²) in [4.78, 5) is 13.2. The lowest BCUT2D eigenvalue weighted by atomic mass is 10.0. The van der Waals surface area contributed by atoms with Crippen molar-refractivity contribution in [3.8, 4) is 5.75 Å². The van der Waals surface area contributed by atoms with Crippen molar-refractivity contribution < 1.29 is 46.7 Å². The zero-order chi connectivity index (χ0) is 31.8. The Morgan fingerprint density at radius 3 is 2.02 bits per heavy atom. The van der Waals surface area contributed by atoms with Crippen LogP contribution in [-0.4, -0.2) is 115 Å².